The number of hydrogen-bond donors (Lipinski definition) is 0. The van der Waals surface area contributed by atoms with Crippen LogP contribution in [0.3, 0.4) is 0 Å². The molecule has 0 N–H and O–H groups in total. The highest BCUT2D eigenvalue weighted by Crippen LogP contribution is 2.35. The molecule has 0 bridgehead atoms. The third kappa shape index (κ3) is 3.33. The van der Waals surface area contributed by atoms with Crippen LogP contribution in [-0.4, -0.2) is 23.8 Å². The summed E-state index contributed by atoms with van der Waals surface area (Å²) in [5, 5.41) is 9.61. The first kappa shape index (κ1) is 19.1. The zero-order valence-corrected chi connectivity index (χ0v) is 15.9. The van der Waals surface area contributed by atoms with E-state index in [1.165, 1.54) is 25.3 Å². The van der Waals surface area contributed by atoms with Crippen molar-refractivity contribution in [2.75, 3.05) is 7.05 Å². The van der Waals surface area contributed by atoms with Gasteiger partial charge in [-0.3, -0.25) is 14.5 Å². The van der Waals surface area contributed by atoms with Gasteiger partial charge >= 0.3 is 0 Å². The van der Waals surface area contributed by atoms with E-state index in [0.29, 0.717) is 22.6 Å². The lowest BCUT2D eigenvalue weighted by atomic mass is 9.88. The SMILES string of the molecule is CN1C(=O)C(C#N)=C(c2ccccc2)/C(=C/c2ccc(-c3ccc(F)cc3)o2)C1=O. The summed E-state index contributed by atoms with van der Waals surface area (Å²) in [5.74, 6) is -0.663. The maximum Gasteiger partial charge on any atom is 0.271 e. The Kier molecular flexibility index (Phi) is 4.87. The van der Waals surface area contributed by atoms with Crippen molar-refractivity contribution in [3.05, 3.63) is 95.0 Å². The van der Waals surface area contributed by atoms with Crippen LogP contribution in [-0.2, 0) is 9.59 Å². The van der Waals surface area contributed by atoms with Crippen LogP contribution in [0.25, 0.3) is 23.0 Å². The number of hydrogen-bond acceptors (Lipinski definition) is 4. The fraction of sp³-hybridized carbons (Fsp3) is 0.0417. The zero-order valence-electron chi connectivity index (χ0n) is 15.9. The summed E-state index contributed by atoms with van der Waals surface area (Å²) < 4.78 is 19.0. The van der Waals surface area contributed by atoms with Gasteiger partial charge in [-0.05, 0) is 48.0 Å². The summed E-state index contributed by atoms with van der Waals surface area (Å²) in [6.07, 6.45) is 1.51. The summed E-state index contributed by atoms with van der Waals surface area (Å²) in [5.41, 5.74) is 1.60. The Morgan fingerprint density at radius 3 is 2.30 bits per heavy atom. The van der Waals surface area contributed by atoms with Crippen LogP contribution in [0.5, 0.6) is 0 Å². The molecule has 0 aliphatic carbocycles. The standard InChI is InChI=1S/C24H15FN2O3/c1-27-23(28)19(22(20(14-26)24(27)29)16-5-3-2-4-6-16)13-18-11-12-21(30-18)15-7-9-17(25)10-8-15/h2-13H,1H3/b19-13-. The van der Waals surface area contributed by atoms with Crippen LogP contribution in [0, 0.1) is 17.1 Å². The molecule has 2 heterocycles. The molecule has 2 amide bonds. The van der Waals surface area contributed by atoms with Crippen molar-refractivity contribution in [1.29, 1.82) is 5.26 Å². The van der Waals surface area contributed by atoms with E-state index in [1.807, 2.05) is 6.07 Å². The van der Waals surface area contributed by atoms with Gasteiger partial charge in [-0.1, -0.05) is 30.3 Å². The molecule has 0 atom stereocenters. The van der Waals surface area contributed by atoms with Gasteiger partial charge in [0.25, 0.3) is 11.8 Å². The molecule has 30 heavy (non-hydrogen) atoms. The van der Waals surface area contributed by atoms with Crippen molar-refractivity contribution in [2.24, 2.45) is 0 Å². The van der Waals surface area contributed by atoms with E-state index in [2.05, 4.69) is 0 Å². The minimum absolute atomic E-state index is 0.111. The third-order valence-corrected chi connectivity index (χ3v) is 4.79. The maximum atomic E-state index is 13.2. The van der Waals surface area contributed by atoms with Crippen LogP contribution in [0.2, 0.25) is 0 Å². The number of nitrogens with zero attached hydrogens (tertiary/aromatic N) is 2. The molecule has 0 radical (unpaired) electrons. The quantitative estimate of drug-likeness (QED) is 0.483. The van der Waals surface area contributed by atoms with Gasteiger partial charge in [0.1, 0.15) is 29.0 Å². The van der Waals surface area contributed by atoms with E-state index in [4.69, 9.17) is 4.42 Å². The molecule has 3 aromatic rings. The molecule has 1 aliphatic heterocycles. The third-order valence-electron chi connectivity index (χ3n) is 4.79. The second-order valence-corrected chi connectivity index (χ2v) is 6.66. The molecule has 0 spiro atoms. The molecule has 1 aliphatic rings. The van der Waals surface area contributed by atoms with Crippen LogP contribution in [0.1, 0.15) is 11.3 Å². The van der Waals surface area contributed by atoms with Crippen molar-refractivity contribution in [3.63, 3.8) is 0 Å². The molecule has 0 saturated heterocycles. The highest BCUT2D eigenvalue weighted by atomic mass is 19.1. The normalized spacial score (nSPS) is 15.6. The summed E-state index contributed by atoms with van der Waals surface area (Å²) >= 11 is 0. The summed E-state index contributed by atoms with van der Waals surface area (Å²) in [6, 6.07) is 20.0. The zero-order chi connectivity index (χ0) is 21.3. The molecule has 4 rings (SSSR count). The fourth-order valence-corrected chi connectivity index (χ4v) is 3.27. The van der Waals surface area contributed by atoms with E-state index >= 15 is 0 Å². The highest BCUT2D eigenvalue weighted by Gasteiger charge is 2.35. The molecule has 0 saturated carbocycles. The van der Waals surface area contributed by atoms with Gasteiger partial charge in [0.2, 0.25) is 0 Å². The van der Waals surface area contributed by atoms with Crippen LogP contribution in [0.4, 0.5) is 4.39 Å². The maximum absolute atomic E-state index is 13.2. The predicted octanol–water partition coefficient (Wildman–Crippen LogP) is 4.45. The number of amides is 2. The predicted molar refractivity (Wildman–Crippen MR) is 109 cm³/mol. The molecular formula is C24H15FN2O3. The minimum atomic E-state index is -0.648. The molecule has 146 valence electrons. The monoisotopic (exact) mass is 398 g/mol. The minimum Gasteiger partial charge on any atom is -0.457 e. The molecule has 0 unspecified atom stereocenters. The first-order valence-electron chi connectivity index (χ1n) is 9.09. The Labute approximate surface area is 172 Å². The van der Waals surface area contributed by atoms with Crippen molar-refractivity contribution in [1.82, 2.24) is 4.90 Å². The van der Waals surface area contributed by atoms with Gasteiger partial charge in [0, 0.05) is 18.2 Å². The van der Waals surface area contributed by atoms with E-state index in [9.17, 15) is 19.2 Å². The lowest BCUT2D eigenvalue weighted by Crippen LogP contribution is -2.39. The number of carbonyl (C=O) groups excluding carboxylic acids is 2. The van der Waals surface area contributed by atoms with Gasteiger partial charge in [-0.15, -0.1) is 0 Å². The van der Waals surface area contributed by atoms with E-state index in [-0.39, 0.29) is 22.5 Å². The first-order valence-corrected chi connectivity index (χ1v) is 9.09. The van der Waals surface area contributed by atoms with Gasteiger partial charge < -0.3 is 4.42 Å². The van der Waals surface area contributed by atoms with Gasteiger partial charge in [-0.2, -0.15) is 5.26 Å². The molecule has 1 aromatic heterocycles. The number of rotatable bonds is 3. The molecule has 5 nitrogen and oxygen atoms in total. The Morgan fingerprint density at radius 1 is 0.933 bits per heavy atom. The number of carbonyl (C=O) groups is 2. The first-order chi connectivity index (χ1) is 14.5. The lowest BCUT2D eigenvalue weighted by Gasteiger charge is -2.25. The molecule has 2 aromatic carbocycles. The summed E-state index contributed by atoms with van der Waals surface area (Å²) in [6.45, 7) is 0. The Morgan fingerprint density at radius 2 is 1.63 bits per heavy atom. The van der Waals surface area contributed by atoms with Gasteiger partial charge in [-0.25, -0.2) is 4.39 Å². The van der Waals surface area contributed by atoms with Crippen molar-refractivity contribution in [2.45, 2.75) is 0 Å². The average Bonchev–Trinajstić information content (AvgIpc) is 3.23. The average molecular weight is 398 g/mol. The number of benzene rings is 2. The summed E-state index contributed by atoms with van der Waals surface area (Å²) in [4.78, 5) is 26.3. The van der Waals surface area contributed by atoms with Crippen LogP contribution >= 0.6 is 0 Å². The number of likely N-dealkylation sites (N-methyl/N-ethyl adjacent to an activating group) is 1. The van der Waals surface area contributed by atoms with Gasteiger partial charge in [0.15, 0.2) is 0 Å². The van der Waals surface area contributed by atoms with E-state index in [0.717, 1.165) is 4.90 Å². The number of imide groups is 1. The Hall–Kier alpha value is -4.24. The molecule has 0 fully saturated rings. The molecular weight excluding hydrogens is 383 g/mol. The van der Waals surface area contributed by atoms with Crippen LogP contribution in [0.15, 0.2) is 82.3 Å². The topological polar surface area (TPSA) is 74.3 Å². The lowest BCUT2D eigenvalue weighted by molar-refractivity contribution is -0.138. The smallest absolute Gasteiger partial charge is 0.271 e. The Bertz CT molecular complexity index is 1250. The van der Waals surface area contributed by atoms with Crippen molar-refractivity contribution in [3.8, 4) is 17.4 Å². The van der Waals surface area contributed by atoms with Crippen molar-refractivity contribution >= 4 is 23.5 Å². The molecule has 6 heteroatoms. The van der Waals surface area contributed by atoms with Gasteiger partial charge in [0.05, 0.1) is 5.57 Å². The number of nitriles is 1. The Balaban J connectivity index is 1.85. The second-order valence-electron chi connectivity index (χ2n) is 6.66. The fourth-order valence-electron chi connectivity index (χ4n) is 3.27. The number of halogens is 1. The number of furan rings is 1. The largest absolute Gasteiger partial charge is 0.457 e. The van der Waals surface area contributed by atoms with Crippen molar-refractivity contribution < 1.29 is 18.4 Å². The van der Waals surface area contributed by atoms with E-state index in [1.54, 1.807) is 54.6 Å². The second kappa shape index (κ2) is 7.64. The van der Waals surface area contributed by atoms with E-state index < -0.39 is 11.8 Å². The summed E-state index contributed by atoms with van der Waals surface area (Å²) in [7, 11) is 1.34. The van der Waals surface area contributed by atoms with Crippen LogP contribution < -0.4 is 0 Å². The highest BCUT2D eigenvalue weighted by molar-refractivity contribution is 6.28.